The number of rotatable bonds is 4. The number of aromatic nitrogens is 2. The van der Waals surface area contributed by atoms with E-state index in [1.165, 1.54) is 6.20 Å². The van der Waals surface area contributed by atoms with Crippen molar-refractivity contribution in [1.29, 1.82) is 0 Å². The van der Waals surface area contributed by atoms with Crippen molar-refractivity contribution in [3.05, 3.63) is 37.7 Å². The van der Waals surface area contributed by atoms with Gasteiger partial charge in [-0.15, -0.1) is 11.3 Å². The average molecular weight is 402 g/mol. The van der Waals surface area contributed by atoms with Gasteiger partial charge < -0.3 is 10.2 Å². The Labute approximate surface area is 145 Å². The molecule has 0 atom stereocenters. The largest absolute Gasteiger partial charge is 0.346 e. The van der Waals surface area contributed by atoms with Gasteiger partial charge in [0.15, 0.2) is 5.69 Å². The molecule has 5 nitrogen and oxygen atoms in total. The first kappa shape index (κ1) is 15.7. The molecule has 0 radical (unpaired) electrons. The van der Waals surface area contributed by atoms with Crippen LogP contribution in [-0.4, -0.2) is 29.0 Å². The molecular weight excluding hydrogens is 388 g/mol. The minimum Gasteiger partial charge on any atom is -0.346 e. The molecule has 1 fully saturated rings. The fraction of sp³-hybridized carbons (Fsp3) is 0.357. The Morgan fingerprint density at radius 2 is 2.23 bits per heavy atom. The van der Waals surface area contributed by atoms with Crippen LogP contribution >= 0.6 is 38.9 Å². The maximum Gasteiger partial charge on any atom is 0.271 e. The van der Waals surface area contributed by atoms with Crippen LogP contribution in [0.5, 0.6) is 0 Å². The summed E-state index contributed by atoms with van der Waals surface area (Å²) in [5, 5.41) is 5.09. The number of amides is 1. The lowest BCUT2D eigenvalue weighted by Crippen LogP contribution is -2.26. The molecule has 1 aliphatic heterocycles. The lowest BCUT2D eigenvalue weighted by molar-refractivity contribution is 0.0946. The van der Waals surface area contributed by atoms with E-state index in [1.807, 2.05) is 11.4 Å². The molecule has 3 rings (SSSR count). The van der Waals surface area contributed by atoms with Crippen LogP contribution in [0.1, 0.15) is 28.2 Å². The Morgan fingerprint density at radius 3 is 2.91 bits per heavy atom. The number of nitrogens with one attached hydrogen (secondary N) is 1. The van der Waals surface area contributed by atoms with Crippen molar-refractivity contribution < 1.29 is 4.79 Å². The molecule has 1 N–H and O–H groups in total. The van der Waals surface area contributed by atoms with Gasteiger partial charge in [0.2, 0.25) is 5.95 Å². The van der Waals surface area contributed by atoms with Crippen LogP contribution in [0.3, 0.4) is 0 Å². The Kier molecular flexibility index (Phi) is 4.95. The van der Waals surface area contributed by atoms with E-state index in [2.05, 4.69) is 36.1 Å². The van der Waals surface area contributed by atoms with Gasteiger partial charge in [-0.2, -0.15) is 0 Å². The Morgan fingerprint density at radius 1 is 1.45 bits per heavy atom. The number of anilines is 1. The number of carbonyl (C=O) groups excluding carboxylic acids is 1. The SMILES string of the molecule is O=C(NCc1cc(Br)cs1)c1nc(N2CCCC2)ncc1Cl. The third-order valence-electron chi connectivity index (χ3n) is 3.38. The Balaban J connectivity index is 1.71. The summed E-state index contributed by atoms with van der Waals surface area (Å²) in [5.74, 6) is 0.295. The van der Waals surface area contributed by atoms with Gasteiger partial charge in [-0.25, -0.2) is 9.97 Å². The average Bonchev–Trinajstić information content (AvgIpc) is 3.17. The first-order chi connectivity index (χ1) is 10.6. The summed E-state index contributed by atoms with van der Waals surface area (Å²) in [7, 11) is 0. The van der Waals surface area contributed by atoms with Crippen LogP contribution < -0.4 is 10.2 Å². The molecule has 22 heavy (non-hydrogen) atoms. The van der Waals surface area contributed by atoms with Gasteiger partial charge >= 0.3 is 0 Å². The topological polar surface area (TPSA) is 58.1 Å². The van der Waals surface area contributed by atoms with Crippen LogP contribution in [-0.2, 0) is 6.54 Å². The van der Waals surface area contributed by atoms with Gasteiger partial charge in [0, 0.05) is 27.8 Å². The van der Waals surface area contributed by atoms with E-state index in [9.17, 15) is 4.79 Å². The zero-order valence-corrected chi connectivity index (χ0v) is 14.8. The third kappa shape index (κ3) is 3.59. The number of nitrogens with zero attached hydrogens (tertiary/aromatic N) is 3. The van der Waals surface area contributed by atoms with Crippen LogP contribution in [0.15, 0.2) is 22.1 Å². The summed E-state index contributed by atoms with van der Waals surface area (Å²) in [6.07, 6.45) is 3.75. The van der Waals surface area contributed by atoms with Crippen molar-refractivity contribution in [3.8, 4) is 0 Å². The molecule has 0 bridgehead atoms. The molecule has 0 spiro atoms. The van der Waals surface area contributed by atoms with Gasteiger partial charge in [0.25, 0.3) is 5.91 Å². The van der Waals surface area contributed by atoms with E-state index in [-0.39, 0.29) is 16.6 Å². The van der Waals surface area contributed by atoms with E-state index < -0.39 is 0 Å². The Hall–Kier alpha value is -1.18. The van der Waals surface area contributed by atoms with Gasteiger partial charge in [-0.3, -0.25) is 4.79 Å². The molecular formula is C14H14BrClN4OS. The number of hydrogen-bond acceptors (Lipinski definition) is 5. The fourth-order valence-corrected chi connectivity index (χ4v) is 3.85. The number of thiophene rings is 1. The summed E-state index contributed by atoms with van der Waals surface area (Å²) in [6, 6.07) is 1.97. The first-order valence-electron chi connectivity index (χ1n) is 6.92. The molecule has 1 saturated heterocycles. The van der Waals surface area contributed by atoms with E-state index >= 15 is 0 Å². The molecule has 1 amide bonds. The van der Waals surface area contributed by atoms with Gasteiger partial charge in [-0.1, -0.05) is 11.6 Å². The van der Waals surface area contributed by atoms with Gasteiger partial charge in [0.1, 0.15) is 0 Å². The molecule has 2 aromatic heterocycles. The van der Waals surface area contributed by atoms with Crippen molar-refractivity contribution in [2.24, 2.45) is 0 Å². The smallest absolute Gasteiger partial charge is 0.271 e. The monoisotopic (exact) mass is 400 g/mol. The summed E-state index contributed by atoms with van der Waals surface area (Å²) < 4.78 is 1.01. The van der Waals surface area contributed by atoms with Gasteiger partial charge in [-0.05, 0) is 34.8 Å². The highest BCUT2D eigenvalue weighted by Gasteiger charge is 2.19. The third-order valence-corrected chi connectivity index (χ3v) is 5.35. The molecule has 0 saturated carbocycles. The van der Waals surface area contributed by atoms with Crippen molar-refractivity contribution in [1.82, 2.24) is 15.3 Å². The zero-order chi connectivity index (χ0) is 15.5. The zero-order valence-electron chi connectivity index (χ0n) is 11.7. The maximum absolute atomic E-state index is 12.3. The highest BCUT2D eigenvalue weighted by Crippen LogP contribution is 2.21. The quantitative estimate of drug-likeness (QED) is 0.852. The van der Waals surface area contributed by atoms with Crippen molar-refractivity contribution in [2.75, 3.05) is 18.0 Å². The van der Waals surface area contributed by atoms with Crippen molar-refractivity contribution in [3.63, 3.8) is 0 Å². The maximum atomic E-state index is 12.3. The lowest BCUT2D eigenvalue weighted by atomic mass is 10.3. The predicted molar refractivity (Wildman–Crippen MR) is 91.7 cm³/mol. The van der Waals surface area contributed by atoms with Crippen LogP contribution in [0.4, 0.5) is 5.95 Å². The minimum absolute atomic E-state index is 0.231. The molecule has 0 unspecified atom stereocenters. The second-order valence-corrected chi connectivity index (χ2v) is 7.29. The molecule has 2 aromatic rings. The molecule has 0 aliphatic carbocycles. The number of hydrogen-bond donors (Lipinski definition) is 1. The standard InChI is InChI=1S/C14H14BrClN4OS/c15-9-5-10(22-8-9)6-17-13(21)12-11(16)7-18-14(19-12)20-3-1-2-4-20/h5,7-8H,1-4,6H2,(H,17,21). The number of halogens is 2. The fourth-order valence-electron chi connectivity index (χ4n) is 2.28. The minimum atomic E-state index is -0.280. The second kappa shape index (κ2) is 6.93. The summed E-state index contributed by atoms with van der Waals surface area (Å²) in [4.78, 5) is 24.0. The summed E-state index contributed by atoms with van der Waals surface area (Å²) in [6.45, 7) is 2.30. The first-order valence-corrected chi connectivity index (χ1v) is 8.97. The normalized spacial score (nSPS) is 14.4. The summed E-state index contributed by atoms with van der Waals surface area (Å²) in [5.41, 5.74) is 0.231. The van der Waals surface area contributed by atoms with Crippen LogP contribution in [0, 0.1) is 0 Å². The second-order valence-electron chi connectivity index (χ2n) is 4.97. The van der Waals surface area contributed by atoms with Crippen molar-refractivity contribution >= 4 is 50.7 Å². The molecule has 8 heteroatoms. The Bertz CT molecular complexity index is 687. The summed E-state index contributed by atoms with van der Waals surface area (Å²) >= 11 is 11.0. The van der Waals surface area contributed by atoms with Crippen molar-refractivity contribution in [2.45, 2.75) is 19.4 Å². The van der Waals surface area contributed by atoms with E-state index in [0.717, 1.165) is 35.3 Å². The molecule has 3 heterocycles. The van der Waals surface area contributed by atoms with E-state index in [0.29, 0.717) is 12.5 Å². The van der Waals surface area contributed by atoms with Crippen LogP contribution in [0.25, 0.3) is 0 Å². The lowest BCUT2D eigenvalue weighted by Gasteiger charge is -2.15. The van der Waals surface area contributed by atoms with Crippen LogP contribution in [0.2, 0.25) is 5.02 Å². The highest BCUT2D eigenvalue weighted by atomic mass is 79.9. The molecule has 116 valence electrons. The number of carbonyl (C=O) groups is 1. The van der Waals surface area contributed by atoms with Gasteiger partial charge in [0.05, 0.1) is 17.8 Å². The molecule has 0 aromatic carbocycles. The predicted octanol–water partition coefficient (Wildman–Crippen LogP) is 3.48. The molecule has 1 aliphatic rings. The van der Waals surface area contributed by atoms with E-state index in [4.69, 9.17) is 11.6 Å². The van der Waals surface area contributed by atoms with E-state index in [1.54, 1.807) is 11.3 Å². The highest BCUT2D eigenvalue weighted by molar-refractivity contribution is 9.10.